The lowest BCUT2D eigenvalue weighted by molar-refractivity contribution is 0.0977. The van der Waals surface area contributed by atoms with Crippen LogP contribution in [0.2, 0.25) is 0 Å². The minimum absolute atomic E-state index is 0.179. The number of nitrogens with zero attached hydrogens (tertiary/aromatic N) is 1. The molecule has 3 aromatic rings. The molecule has 1 aromatic carbocycles. The van der Waals surface area contributed by atoms with E-state index >= 15 is 0 Å². The highest BCUT2D eigenvalue weighted by molar-refractivity contribution is 7.12. The minimum Gasteiger partial charge on any atom is -0.339 e. The van der Waals surface area contributed by atoms with Gasteiger partial charge in [-0.2, -0.15) is 0 Å². The molecule has 0 saturated heterocycles. The fourth-order valence-electron chi connectivity index (χ4n) is 2.43. The number of thiophene rings is 1. The van der Waals surface area contributed by atoms with Crippen molar-refractivity contribution < 1.29 is 4.79 Å². The number of rotatable bonds is 4. The third-order valence-electron chi connectivity index (χ3n) is 3.36. The van der Waals surface area contributed by atoms with E-state index in [9.17, 15) is 4.79 Å². The average Bonchev–Trinajstić information content (AvgIpc) is 3.08. The summed E-state index contributed by atoms with van der Waals surface area (Å²) in [6, 6.07) is 12.2. The molecule has 19 heavy (non-hydrogen) atoms. The molecule has 3 rings (SSSR count). The van der Waals surface area contributed by atoms with Crippen molar-refractivity contribution in [1.82, 2.24) is 4.57 Å². The van der Waals surface area contributed by atoms with Gasteiger partial charge >= 0.3 is 0 Å². The Morgan fingerprint density at radius 3 is 2.84 bits per heavy atom. The monoisotopic (exact) mass is 269 g/mol. The zero-order valence-corrected chi connectivity index (χ0v) is 11.6. The molecule has 0 fully saturated rings. The van der Waals surface area contributed by atoms with E-state index in [4.69, 9.17) is 0 Å². The topological polar surface area (TPSA) is 22.0 Å². The van der Waals surface area contributed by atoms with Crippen LogP contribution >= 0.6 is 11.3 Å². The molecule has 0 atom stereocenters. The summed E-state index contributed by atoms with van der Waals surface area (Å²) in [5.41, 5.74) is 2.48. The van der Waals surface area contributed by atoms with Crippen LogP contribution in [0, 0.1) is 0 Å². The molecule has 0 bridgehead atoms. The van der Waals surface area contributed by atoms with Gasteiger partial charge in [-0.3, -0.25) is 4.79 Å². The third-order valence-corrected chi connectivity index (χ3v) is 4.27. The molecular weight excluding hydrogens is 254 g/mol. The van der Waals surface area contributed by atoms with Crippen LogP contribution in [0.15, 0.2) is 48.0 Å². The van der Waals surface area contributed by atoms with Crippen molar-refractivity contribution in [2.24, 2.45) is 0 Å². The van der Waals surface area contributed by atoms with Gasteiger partial charge in [0, 0.05) is 6.20 Å². The molecule has 0 aliphatic rings. The van der Waals surface area contributed by atoms with Crippen molar-refractivity contribution in [3.63, 3.8) is 0 Å². The maximum absolute atomic E-state index is 12.2. The smallest absolute Gasteiger partial charge is 0.192 e. The third kappa shape index (κ3) is 2.22. The predicted octanol–water partition coefficient (Wildman–Crippen LogP) is 4.15. The number of ketones is 1. The summed E-state index contributed by atoms with van der Waals surface area (Å²) in [4.78, 5) is 13.0. The van der Waals surface area contributed by atoms with Crippen LogP contribution in [0.1, 0.15) is 22.2 Å². The van der Waals surface area contributed by atoms with Crippen molar-refractivity contribution in [3.8, 4) is 0 Å². The highest BCUT2D eigenvalue weighted by atomic mass is 32.1. The first kappa shape index (κ1) is 12.2. The van der Waals surface area contributed by atoms with Crippen molar-refractivity contribution in [3.05, 3.63) is 58.4 Å². The second-order valence-electron chi connectivity index (χ2n) is 4.55. The number of hydrogen-bond acceptors (Lipinski definition) is 2. The number of fused-ring (bicyclic) bond motifs is 1. The van der Waals surface area contributed by atoms with E-state index in [1.165, 1.54) is 27.8 Å². The fraction of sp³-hybridized carbons (Fsp3) is 0.188. The van der Waals surface area contributed by atoms with E-state index in [0.717, 1.165) is 11.3 Å². The Morgan fingerprint density at radius 1 is 1.21 bits per heavy atom. The molecule has 0 amide bonds. The van der Waals surface area contributed by atoms with Gasteiger partial charge in [-0.25, -0.2) is 0 Å². The Morgan fingerprint density at radius 2 is 2.11 bits per heavy atom. The van der Waals surface area contributed by atoms with Gasteiger partial charge in [-0.05, 0) is 34.9 Å². The SMILES string of the molecule is CCc1cccc2ccn(CC(=O)c3cccs3)c12. The minimum atomic E-state index is 0.179. The fourth-order valence-corrected chi connectivity index (χ4v) is 3.08. The number of aromatic nitrogens is 1. The lowest BCUT2D eigenvalue weighted by Crippen LogP contribution is -2.08. The largest absolute Gasteiger partial charge is 0.339 e. The Balaban J connectivity index is 1.99. The van der Waals surface area contributed by atoms with Crippen LogP contribution in [-0.2, 0) is 13.0 Å². The van der Waals surface area contributed by atoms with Crippen LogP contribution in [0.4, 0.5) is 0 Å². The quantitative estimate of drug-likeness (QED) is 0.652. The highest BCUT2D eigenvalue weighted by Gasteiger charge is 2.11. The molecule has 0 aliphatic heterocycles. The molecule has 2 aromatic heterocycles. The summed E-state index contributed by atoms with van der Waals surface area (Å²) in [5.74, 6) is 0.179. The second-order valence-corrected chi connectivity index (χ2v) is 5.50. The van der Waals surface area contributed by atoms with Gasteiger partial charge in [0.25, 0.3) is 0 Å². The molecule has 0 unspecified atom stereocenters. The van der Waals surface area contributed by atoms with Crippen LogP contribution in [-0.4, -0.2) is 10.4 Å². The molecule has 96 valence electrons. The van der Waals surface area contributed by atoms with Gasteiger partial charge in [0.15, 0.2) is 5.78 Å². The van der Waals surface area contributed by atoms with Crippen LogP contribution < -0.4 is 0 Å². The number of para-hydroxylation sites is 1. The van der Waals surface area contributed by atoms with Gasteiger partial charge in [0.1, 0.15) is 0 Å². The average molecular weight is 269 g/mol. The molecular formula is C16H15NOS. The van der Waals surface area contributed by atoms with E-state index in [0.29, 0.717) is 6.54 Å². The zero-order valence-electron chi connectivity index (χ0n) is 10.8. The van der Waals surface area contributed by atoms with Gasteiger partial charge in [-0.1, -0.05) is 31.2 Å². The molecule has 0 aliphatic carbocycles. The van der Waals surface area contributed by atoms with E-state index in [-0.39, 0.29) is 5.78 Å². The van der Waals surface area contributed by atoms with Crippen molar-refractivity contribution in [1.29, 1.82) is 0 Å². The molecule has 0 N–H and O–H groups in total. The summed E-state index contributed by atoms with van der Waals surface area (Å²) in [5, 5.41) is 3.15. The van der Waals surface area contributed by atoms with Crippen molar-refractivity contribution in [2.75, 3.05) is 0 Å². The van der Waals surface area contributed by atoms with E-state index in [1.54, 1.807) is 0 Å². The summed E-state index contributed by atoms with van der Waals surface area (Å²) >= 11 is 1.51. The van der Waals surface area contributed by atoms with Crippen molar-refractivity contribution in [2.45, 2.75) is 19.9 Å². The molecule has 0 radical (unpaired) electrons. The van der Waals surface area contributed by atoms with Crippen LogP contribution in [0.25, 0.3) is 10.9 Å². The highest BCUT2D eigenvalue weighted by Crippen LogP contribution is 2.22. The van der Waals surface area contributed by atoms with Gasteiger partial charge < -0.3 is 4.57 Å². The summed E-state index contributed by atoms with van der Waals surface area (Å²) in [7, 11) is 0. The normalized spacial score (nSPS) is 11.0. The lowest BCUT2D eigenvalue weighted by atomic mass is 10.1. The van der Waals surface area contributed by atoms with E-state index in [1.807, 2.05) is 23.7 Å². The zero-order chi connectivity index (χ0) is 13.2. The Hall–Kier alpha value is -1.87. The van der Waals surface area contributed by atoms with Gasteiger partial charge in [0.2, 0.25) is 0 Å². The Labute approximate surface area is 116 Å². The number of carbonyl (C=O) groups excluding carboxylic acids is 1. The van der Waals surface area contributed by atoms with E-state index in [2.05, 4.69) is 35.8 Å². The number of Topliss-reactive ketones (excluding diaryl/α,β-unsaturated/α-hetero) is 1. The lowest BCUT2D eigenvalue weighted by Gasteiger charge is -2.07. The first-order valence-electron chi connectivity index (χ1n) is 6.43. The Kier molecular flexibility index (Phi) is 3.22. The first-order valence-corrected chi connectivity index (χ1v) is 7.31. The predicted molar refractivity (Wildman–Crippen MR) is 80.0 cm³/mol. The summed E-state index contributed by atoms with van der Waals surface area (Å²) < 4.78 is 2.07. The van der Waals surface area contributed by atoms with Crippen molar-refractivity contribution >= 4 is 28.0 Å². The molecule has 0 saturated carbocycles. The van der Waals surface area contributed by atoms with Gasteiger partial charge in [0.05, 0.1) is 16.9 Å². The number of aryl methyl sites for hydroxylation is 1. The number of benzene rings is 1. The summed E-state index contributed by atoms with van der Waals surface area (Å²) in [6.07, 6.45) is 2.99. The molecule has 3 heteroatoms. The standard InChI is InChI=1S/C16H15NOS/c1-2-12-5-3-6-13-8-9-17(16(12)13)11-14(18)15-7-4-10-19-15/h3-10H,2,11H2,1H3. The maximum Gasteiger partial charge on any atom is 0.192 e. The maximum atomic E-state index is 12.2. The van der Waals surface area contributed by atoms with Crippen LogP contribution in [0.5, 0.6) is 0 Å². The number of hydrogen-bond donors (Lipinski definition) is 0. The molecule has 0 spiro atoms. The van der Waals surface area contributed by atoms with Crippen LogP contribution in [0.3, 0.4) is 0 Å². The summed E-state index contributed by atoms with van der Waals surface area (Å²) in [6.45, 7) is 2.56. The number of carbonyl (C=O) groups is 1. The molecule has 2 nitrogen and oxygen atoms in total. The second kappa shape index (κ2) is 5.02. The first-order chi connectivity index (χ1) is 9.29. The van der Waals surface area contributed by atoms with E-state index < -0.39 is 0 Å². The van der Waals surface area contributed by atoms with Gasteiger partial charge in [-0.15, -0.1) is 11.3 Å². The Bertz CT molecular complexity index is 710. The molecule has 2 heterocycles.